The maximum Gasteiger partial charge on any atom is 0.337 e. The molecule has 0 spiro atoms. The Hall–Kier alpha value is -1.81. The number of fused-ring (bicyclic) bond motifs is 1. The van der Waals surface area contributed by atoms with Gasteiger partial charge in [-0.1, -0.05) is 40.2 Å². The molecule has 0 fully saturated rings. The molecule has 0 radical (unpaired) electrons. The summed E-state index contributed by atoms with van der Waals surface area (Å²) >= 11 is 3.41. The van der Waals surface area contributed by atoms with Gasteiger partial charge in [0.05, 0.1) is 11.3 Å². The van der Waals surface area contributed by atoms with Crippen LogP contribution in [0.5, 0.6) is 0 Å². The molecule has 1 heterocycles. The van der Waals surface area contributed by atoms with Crippen LogP contribution in [-0.4, -0.2) is 11.1 Å². The van der Waals surface area contributed by atoms with Crippen LogP contribution in [0.2, 0.25) is 0 Å². The lowest BCUT2D eigenvalue weighted by molar-refractivity contribution is 0.0697. The molecule has 0 unspecified atom stereocenters. The lowest BCUT2D eigenvalue weighted by atomic mass is 10.1. The minimum atomic E-state index is -0.890. The zero-order valence-corrected chi connectivity index (χ0v) is 11.7. The Balaban J connectivity index is 2.01. The number of hydrogen-bond donors (Lipinski definition) is 1. The van der Waals surface area contributed by atoms with Crippen LogP contribution < -0.4 is 4.90 Å². The molecule has 1 aliphatic heterocycles. The number of hydrogen-bond acceptors (Lipinski definition) is 2. The molecule has 4 heteroatoms. The first-order valence-electron chi connectivity index (χ1n) is 6.00. The number of benzene rings is 2. The number of anilines is 1. The van der Waals surface area contributed by atoms with E-state index >= 15 is 0 Å². The Kier molecular flexibility index (Phi) is 3.03. The van der Waals surface area contributed by atoms with Crippen molar-refractivity contribution in [1.29, 1.82) is 0 Å². The molecule has 0 saturated heterocycles. The van der Waals surface area contributed by atoms with Crippen molar-refractivity contribution in [3.8, 4) is 0 Å². The SMILES string of the molecule is O=C(O)c1ccc(Br)cc1N1Cc2ccccc2C1. The van der Waals surface area contributed by atoms with Crippen molar-refractivity contribution < 1.29 is 9.90 Å². The Morgan fingerprint density at radius 3 is 2.32 bits per heavy atom. The van der Waals surface area contributed by atoms with Crippen molar-refractivity contribution in [3.05, 3.63) is 63.6 Å². The summed E-state index contributed by atoms with van der Waals surface area (Å²) in [4.78, 5) is 13.4. The Morgan fingerprint density at radius 1 is 1.11 bits per heavy atom. The van der Waals surface area contributed by atoms with Crippen LogP contribution in [-0.2, 0) is 13.1 Å². The molecule has 19 heavy (non-hydrogen) atoms. The first-order valence-corrected chi connectivity index (χ1v) is 6.79. The number of nitrogens with zero attached hydrogens (tertiary/aromatic N) is 1. The number of halogens is 1. The fourth-order valence-electron chi connectivity index (χ4n) is 2.45. The molecule has 0 bridgehead atoms. The molecule has 0 saturated carbocycles. The quantitative estimate of drug-likeness (QED) is 0.918. The molecule has 0 aliphatic carbocycles. The average molecular weight is 318 g/mol. The van der Waals surface area contributed by atoms with Gasteiger partial charge in [-0.15, -0.1) is 0 Å². The summed E-state index contributed by atoms with van der Waals surface area (Å²) in [7, 11) is 0. The third-order valence-corrected chi connectivity index (χ3v) is 3.86. The van der Waals surface area contributed by atoms with E-state index in [0.717, 1.165) is 23.2 Å². The molecular formula is C15H12BrNO2. The number of rotatable bonds is 2. The molecule has 3 nitrogen and oxygen atoms in total. The van der Waals surface area contributed by atoms with Gasteiger partial charge in [-0.05, 0) is 29.3 Å². The molecular weight excluding hydrogens is 306 g/mol. The van der Waals surface area contributed by atoms with Crippen LogP contribution in [0.3, 0.4) is 0 Å². The van der Waals surface area contributed by atoms with E-state index in [4.69, 9.17) is 0 Å². The van der Waals surface area contributed by atoms with Gasteiger partial charge in [-0.25, -0.2) is 4.79 Å². The van der Waals surface area contributed by atoms with Gasteiger partial charge in [-0.3, -0.25) is 0 Å². The molecule has 2 aromatic rings. The first-order chi connectivity index (χ1) is 9.15. The minimum absolute atomic E-state index is 0.344. The minimum Gasteiger partial charge on any atom is -0.478 e. The third kappa shape index (κ3) is 2.24. The van der Waals surface area contributed by atoms with Gasteiger partial charge in [-0.2, -0.15) is 0 Å². The normalized spacial score (nSPS) is 13.4. The molecule has 1 N–H and O–H groups in total. The van der Waals surface area contributed by atoms with Crippen LogP contribution in [0.1, 0.15) is 21.5 Å². The van der Waals surface area contributed by atoms with Crippen LogP contribution in [0.15, 0.2) is 46.9 Å². The molecule has 96 valence electrons. The van der Waals surface area contributed by atoms with Gasteiger partial charge >= 0.3 is 5.97 Å². The molecule has 3 rings (SSSR count). The molecule has 0 atom stereocenters. The third-order valence-electron chi connectivity index (χ3n) is 3.37. The van der Waals surface area contributed by atoms with Gasteiger partial charge in [0.1, 0.15) is 0 Å². The zero-order valence-electron chi connectivity index (χ0n) is 10.1. The van der Waals surface area contributed by atoms with Crippen molar-refractivity contribution in [1.82, 2.24) is 0 Å². The molecule has 2 aromatic carbocycles. The summed E-state index contributed by atoms with van der Waals surface area (Å²) in [5.74, 6) is -0.890. The van der Waals surface area contributed by atoms with Crippen molar-refractivity contribution in [2.45, 2.75) is 13.1 Å². The highest BCUT2D eigenvalue weighted by Crippen LogP contribution is 2.32. The summed E-state index contributed by atoms with van der Waals surface area (Å²) in [6.45, 7) is 1.51. The molecule has 1 aliphatic rings. The van der Waals surface area contributed by atoms with Crippen LogP contribution in [0, 0.1) is 0 Å². The van der Waals surface area contributed by atoms with Gasteiger partial charge in [0.15, 0.2) is 0 Å². The van der Waals surface area contributed by atoms with Gasteiger partial charge in [0.2, 0.25) is 0 Å². The fraction of sp³-hybridized carbons (Fsp3) is 0.133. The van der Waals surface area contributed by atoms with Crippen molar-refractivity contribution in [2.75, 3.05) is 4.90 Å². The van der Waals surface area contributed by atoms with E-state index in [1.54, 1.807) is 12.1 Å². The van der Waals surface area contributed by atoms with Crippen molar-refractivity contribution in [3.63, 3.8) is 0 Å². The first kappa shape index (κ1) is 12.2. The van der Waals surface area contributed by atoms with Crippen LogP contribution in [0.4, 0.5) is 5.69 Å². The Bertz CT molecular complexity index is 629. The summed E-state index contributed by atoms with van der Waals surface area (Å²) in [6, 6.07) is 13.5. The van der Waals surface area contributed by atoms with Gasteiger partial charge in [0.25, 0.3) is 0 Å². The standard InChI is InChI=1S/C15H12BrNO2/c16-12-5-6-13(15(18)19)14(7-12)17-8-10-3-1-2-4-11(10)9-17/h1-7H,8-9H2,(H,18,19). The van der Waals surface area contributed by atoms with E-state index in [2.05, 4.69) is 33.0 Å². The summed E-state index contributed by atoms with van der Waals surface area (Å²) < 4.78 is 0.892. The van der Waals surface area contributed by atoms with E-state index < -0.39 is 5.97 Å². The second-order valence-corrected chi connectivity index (χ2v) is 5.51. The monoisotopic (exact) mass is 317 g/mol. The van der Waals surface area contributed by atoms with E-state index in [9.17, 15) is 9.90 Å². The van der Waals surface area contributed by atoms with E-state index in [1.165, 1.54) is 11.1 Å². The average Bonchev–Trinajstić information content (AvgIpc) is 2.81. The lowest BCUT2D eigenvalue weighted by Gasteiger charge is -2.20. The largest absolute Gasteiger partial charge is 0.478 e. The predicted molar refractivity (Wildman–Crippen MR) is 77.4 cm³/mol. The maximum atomic E-state index is 11.3. The van der Waals surface area contributed by atoms with Crippen LogP contribution in [0.25, 0.3) is 0 Å². The van der Waals surface area contributed by atoms with E-state index in [-0.39, 0.29) is 0 Å². The Morgan fingerprint density at radius 2 is 1.74 bits per heavy atom. The van der Waals surface area contributed by atoms with Crippen molar-refractivity contribution in [2.24, 2.45) is 0 Å². The van der Waals surface area contributed by atoms with Crippen molar-refractivity contribution >= 4 is 27.6 Å². The van der Waals surface area contributed by atoms with Gasteiger partial charge in [0, 0.05) is 17.6 Å². The lowest BCUT2D eigenvalue weighted by Crippen LogP contribution is -2.18. The summed E-state index contributed by atoms with van der Waals surface area (Å²) in [6.07, 6.45) is 0. The highest BCUT2D eigenvalue weighted by molar-refractivity contribution is 9.10. The number of aromatic carboxylic acids is 1. The topological polar surface area (TPSA) is 40.5 Å². The predicted octanol–water partition coefficient (Wildman–Crippen LogP) is 3.67. The zero-order chi connectivity index (χ0) is 13.4. The second-order valence-electron chi connectivity index (χ2n) is 4.59. The van der Waals surface area contributed by atoms with Crippen LogP contribution >= 0.6 is 15.9 Å². The number of carboxylic acid groups (broad SMARTS) is 1. The Labute approximate surface area is 119 Å². The molecule has 0 amide bonds. The summed E-state index contributed by atoms with van der Waals surface area (Å²) in [5, 5.41) is 9.29. The highest BCUT2D eigenvalue weighted by Gasteiger charge is 2.22. The maximum absolute atomic E-state index is 11.3. The summed E-state index contributed by atoms with van der Waals surface area (Å²) in [5.41, 5.74) is 3.63. The number of carboxylic acids is 1. The number of carbonyl (C=O) groups is 1. The smallest absolute Gasteiger partial charge is 0.337 e. The fourth-order valence-corrected chi connectivity index (χ4v) is 2.80. The highest BCUT2D eigenvalue weighted by atomic mass is 79.9. The van der Waals surface area contributed by atoms with E-state index in [0.29, 0.717) is 5.56 Å². The van der Waals surface area contributed by atoms with Gasteiger partial charge < -0.3 is 10.0 Å². The second kappa shape index (κ2) is 4.70. The van der Waals surface area contributed by atoms with E-state index in [1.807, 2.05) is 18.2 Å². The molecule has 0 aromatic heterocycles.